The van der Waals surface area contributed by atoms with E-state index in [2.05, 4.69) is 11.3 Å². The molecule has 0 fully saturated rings. The van der Waals surface area contributed by atoms with Crippen molar-refractivity contribution in [3.05, 3.63) is 126 Å². The molecule has 29 heavy (non-hydrogen) atoms. The van der Waals surface area contributed by atoms with Gasteiger partial charge >= 0.3 is 0 Å². The summed E-state index contributed by atoms with van der Waals surface area (Å²) >= 11 is 0. The molecule has 1 atom stereocenters. The molecule has 0 radical (unpaired) electrons. The van der Waals surface area contributed by atoms with Crippen LogP contribution in [0.4, 0.5) is 0 Å². The highest BCUT2D eigenvalue weighted by Crippen LogP contribution is 2.27. The second-order valence-corrected chi connectivity index (χ2v) is 8.04. The highest BCUT2D eigenvalue weighted by molar-refractivity contribution is 7.89. The van der Waals surface area contributed by atoms with Crippen LogP contribution < -0.4 is 4.72 Å². The zero-order valence-corrected chi connectivity index (χ0v) is 16.5. The van der Waals surface area contributed by atoms with E-state index in [0.717, 1.165) is 0 Å². The second kappa shape index (κ2) is 9.28. The first-order chi connectivity index (χ1) is 14.0. The smallest absolute Gasteiger partial charge is 0.241 e. The van der Waals surface area contributed by atoms with E-state index in [1.165, 1.54) is 18.2 Å². The van der Waals surface area contributed by atoms with Crippen LogP contribution in [0, 0.1) is 0 Å². The summed E-state index contributed by atoms with van der Waals surface area (Å²) in [7, 11) is -3.86. The third-order valence-corrected chi connectivity index (χ3v) is 5.80. The Bertz CT molecular complexity index is 1110. The van der Waals surface area contributed by atoms with Crippen molar-refractivity contribution in [3.8, 4) is 0 Å². The van der Waals surface area contributed by atoms with E-state index in [4.69, 9.17) is 0 Å². The van der Waals surface area contributed by atoms with Crippen LogP contribution in [0.25, 0.3) is 0 Å². The first-order valence-electron chi connectivity index (χ1n) is 9.07. The van der Waals surface area contributed by atoms with Gasteiger partial charge in [-0.2, -0.15) is 4.72 Å². The van der Waals surface area contributed by atoms with E-state index in [1.54, 1.807) is 72.8 Å². The molecule has 0 bridgehead atoms. The van der Waals surface area contributed by atoms with E-state index in [9.17, 15) is 13.2 Å². The number of carbonyl (C=O) groups excluding carboxylic acids is 1. The normalized spacial score (nSPS) is 12.9. The average molecular weight is 404 g/mol. The molecule has 0 saturated heterocycles. The van der Waals surface area contributed by atoms with Crippen LogP contribution in [0.15, 0.2) is 120 Å². The molecule has 3 rings (SSSR count). The molecule has 0 unspecified atom stereocenters. The van der Waals surface area contributed by atoms with Crippen LogP contribution in [-0.2, 0) is 10.0 Å². The Kier molecular flexibility index (Phi) is 6.54. The van der Waals surface area contributed by atoms with Gasteiger partial charge < -0.3 is 0 Å². The molecule has 0 aliphatic carbocycles. The fourth-order valence-corrected chi connectivity index (χ4v) is 4.19. The van der Waals surface area contributed by atoms with E-state index in [0.29, 0.717) is 11.1 Å². The molecule has 3 aromatic rings. The number of Topliss-reactive ketones (excluding diaryl/α,β-unsaturated/α-hetero) is 1. The largest absolute Gasteiger partial charge is 0.289 e. The standard InChI is InChI=1S/C24H21NO3S/c1-2-12-22(24(26)20-15-8-4-9-16-20)23(19-13-6-3-7-14-19)25-29(27,28)21-17-10-5-11-18-21/h2-18,23,25H,1H2/b22-12+/t23-/m1/s1. The SMILES string of the molecule is C=C/C=C(/C(=O)c1ccccc1)[C@H](NS(=O)(=O)c1ccccc1)c1ccccc1. The summed E-state index contributed by atoms with van der Waals surface area (Å²) in [6, 6.07) is 25.0. The van der Waals surface area contributed by atoms with Gasteiger partial charge in [-0.25, -0.2) is 8.42 Å². The molecule has 0 aliphatic rings. The number of carbonyl (C=O) groups is 1. The Morgan fingerprint density at radius 2 is 1.34 bits per heavy atom. The summed E-state index contributed by atoms with van der Waals surface area (Å²) in [5, 5.41) is 0. The lowest BCUT2D eigenvalue weighted by Crippen LogP contribution is -2.32. The van der Waals surface area contributed by atoms with Crippen LogP contribution in [0.1, 0.15) is 22.0 Å². The predicted molar refractivity (Wildman–Crippen MR) is 115 cm³/mol. The van der Waals surface area contributed by atoms with Crippen LogP contribution in [0.5, 0.6) is 0 Å². The van der Waals surface area contributed by atoms with Gasteiger partial charge in [0.1, 0.15) is 0 Å². The third kappa shape index (κ3) is 4.96. The summed E-state index contributed by atoms with van der Waals surface area (Å²) in [4.78, 5) is 13.4. The van der Waals surface area contributed by atoms with Gasteiger partial charge in [-0.05, 0) is 17.7 Å². The zero-order chi connectivity index (χ0) is 20.7. The van der Waals surface area contributed by atoms with Crippen LogP contribution >= 0.6 is 0 Å². The van der Waals surface area contributed by atoms with Crippen molar-refractivity contribution >= 4 is 15.8 Å². The number of hydrogen-bond donors (Lipinski definition) is 1. The van der Waals surface area contributed by atoms with Crippen molar-refractivity contribution < 1.29 is 13.2 Å². The number of rotatable bonds is 8. The maximum Gasteiger partial charge on any atom is 0.241 e. The van der Waals surface area contributed by atoms with E-state index in [-0.39, 0.29) is 16.3 Å². The first kappa shape index (κ1) is 20.5. The molecule has 4 nitrogen and oxygen atoms in total. The molecule has 3 aromatic carbocycles. The Morgan fingerprint density at radius 1 is 0.828 bits per heavy atom. The highest BCUT2D eigenvalue weighted by atomic mass is 32.2. The predicted octanol–water partition coefficient (Wildman–Crippen LogP) is 4.70. The number of allylic oxidation sites excluding steroid dienone is 2. The summed E-state index contributed by atoms with van der Waals surface area (Å²) < 4.78 is 28.7. The van der Waals surface area contributed by atoms with Crippen molar-refractivity contribution in [1.82, 2.24) is 4.72 Å². The van der Waals surface area contributed by atoms with Crippen molar-refractivity contribution in [3.63, 3.8) is 0 Å². The molecule has 0 aromatic heterocycles. The Balaban J connectivity index is 2.08. The van der Waals surface area contributed by atoms with Crippen molar-refractivity contribution in [1.29, 1.82) is 0 Å². The molecular formula is C24H21NO3S. The number of sulfonamides is 1. The average Bonchev–Trinajstić information content (AvgIpc) is 2.77. The Hall–Kier alpha value is -3.28. The number of ketones is 1. The topological polar surface area (TPSA) is 63.2 Å². The monoisotopic (exact) mass is 403 g/mol. The Morgan fingerprint density at radius 3 is 1.90 bits per heavy atom. The summed E-state index contributed by atoms with van der Waals surface area (Å²) in [6.07, 6.45) is 3.05. The maximum atomic E-state index is 13.2. The zero-order valence-electron chi connectivity index (χ0n) is 15.7. The van der Waals surface area contributed by atoms with Gasteiger partial charge in [0.25, 0.3) is 0 Å². The Labute approximate surface area is 171 Å². The van der Waals surface area contributed by atoms with Crippen molar-refractivity contribution in [2.45, 2.75) is 10.9 Å². The number of benzene rings is 3. The van der Waals surface area contributed by atoms with Crippen LogP contribution in [-0.4, -0.2) is 14.2 Å². The molecule has 5 heteroatoms. The van der Waals surface area contributed by atoms with Gasteiger partial charge in [0.05, 0.1) is 10.9 Å². The van der Waals surface area contributed by atoms with Gasteiger partial charge in [0, 0.05) is 11.1 Å². The van der Waals surface area contributed by atoms with Gasteiger partial charge in [0.15, 0.2) is 5.78 Å². The third-order valence-electron chi connectivity index (χ3n) is 4.37. The summed E-state index contributed by atoms with van der Waals surface area (Å²) in [6.45, 7) is 3.70. The van der Waals surface area contributed by atoms with E-state index >= 15 is 0 Å². The van der Waals surface area contributed by atoms with Crippen LogP contribution in [0.2, 0.25) is 0 Å². The maximum absolute atomic E-state index is 13.2. The quantitative estimate of drug-likeness (QED) is 0.337. The first-order valence-corrected chi connectivity index (χ1v) is 10.6. The second-order valence-electron chi connectivity index (χ2n) is 6.33. The fourth-order valence-electron chi connectivity index (χ4n) is 2.97. The summed E-state index contributed by atoms with van der Waals surface area (Å²) in [5.41, 5.74) is 1.42. The summed E-state index contributed by atoms with van der Waals surface area (Å²) in [5.74, 6) is -0.268. The fraction of sp³-hybridized carbons (Fsp3) is 0.0417. The molecule has 1 N–H and O–H groups in total. The molecule has 0 heterocycles. The minimum absolute atomic E-state index is 0.131. The van der Waals surface area contributed by atoms with E-state index in [1.807, 2.05) is 12.1 Å². The molecular weight excluding hydrogens is 382 g/mol. The number of hydrogen-bond acceptors (Lipinski definition) is 3. The van der Waals surface area contributed by atoms with Crippen molar-refractivity contribution in [2.75, 3.05) is 0 Å². The van der Waals surface area contributed by atoms with E-state index < -0.39 is 16.1 Å². The van der Waals surface area contributed by atoms with Gasteiger partial charge in [-0.15, -0.1) is 0 Å². The molecule has 0 aliphatic heterocycles. The lowest BCUT2D eigenvalue weighted by atomic mass is 9.92. The molecule has 0 spiro atoms. The number of nitrogens with one attached hydrogen (secondary N) is 1. The molecule has 0 saturated carbocycles. The lowest BCUT2D eigenvalue weighted by molar-refractivity contribution is 0.102. The molecule has 146 valence electrons. The van der Waals surface area contributed by atoms with Gasteiger partial charge in [-0.1, -0.05) is 97.6 Å². The van der Waals surface area contributed by atoms with Crippen LogP contribution in [0.3, 0.4) is 0 Å². The molecule has 0 amide bonds. The van der Waals surface area contributed by atoms with Crippen molar-refractivity contribution in [2.24, 2.45) is 0 Å². The van der Waals surface area contributed by atoms with Gasteiger partial charge in [0.2, 0.25) is 10.0 Å². The van der Waals surface area contributed by atoms with Gasteiger partial charge in [-0.3, -0.25) is 4.79 Å². The minimum Gasteiger partial charge on any atom is -0.289 e. The lowest BCUT2D eigenvalue weighted by Gasteiger charge is -2.22. The minimum atomic E-state index is -3.86. The highest BCUT2D eigenvalue weighted by Gasteiger charge is 2.28.